The predicted octanol–water partition coefficient (Wildman–Crippen LogP) is 1.04. The maximum Gasteiger partial charge on any atom is 0.317 e. The van der Waals surface area contributed by atoms with E-state index in [-0.39, 0.29) is 11.9 Å². The number of carboxylic acids is 1. The first-order valence-electron chi connectivity index (χ1n) is 6.80. The Morgan fingerprint density at radius 3 is 2.74 bits per heavy atom. The zero-order chi connectivity index (χ0) is 14.5. The minimum Gasteiger partial charge on any atom is -0.481 e. The number of hydrogen-bond acceptors (Lipinski definition) is 3. The summed E-state index contributed by atoms with van der Waals surface area (Å²) in [4.78, 5) is 24.1. The minimum atomic E-state index is -0.807. The molecule has 1 fully saturated rings. The van der Waals surface area contributed by atoms with Gasteiger partial charge in [0.15, 0.2) is 0 Å². The largest absolute Gasteiger partial charge is 0.481 e. The van der Waals surface area contributed by atoms with Crippen LogP contribution in [0.15, 0.2) is 0 Å². The van der Waals surface area contributed by atoms with Crippen LogP contribution in [0.1, 0.15) is 39.5 Å². The molecule has 6 nitrogen and oxygen atoms in total. The van der Waals surface area contributed by atoms with Gasteiger partial charge in [-0.1, -0.05) is 6.92 Å². The summed E-state index contributed by atoms with van der Waals surface area (Å²) < 4.78 is 0. The number of amides is 2. The van der Waals surface area contributed by atoms with Gasteiger partial charge in [0.25, 0.3) is 0 Å². The first-order chi connectivity index (χ1) is 8.82. The Balaban J connectivity index is 2.22. The third-order valence-corrected chi connectivity index (χ3v) is 3.47. The Hall–Kier alpha value is -1.30. The Morgan fingerprint density at radius 1 is 1.47 bits per heavy atom. The van der Waals surface area contributed by atoms with Crippen LogP contribution in [0.5, 0.6) is 0 Å². The van der Waals surface area contributed by atoms with Crippen molar-refractivity contribution in [1.29, 1.82) is 0 Å². The number of aliphatic carboxylic acids is 1. The average molecular weight is 272 g/mol. The van der Waals surface area contributed by atoms with Crippen molar-refractivity contribution in [3.8, 4) is 0 Å². The highest BCUT2D eigenvalue weighted by Gasteiger charge is 2.30. The first kappa shape index (κ1) is 15.8. The van der Waals surface area contributed by atoms with Gasteiger partial charge < -0.3 is 20.4 Å². The van der Waals surface area contributed by atoms with E-state index in [0.29, 0.717) is 38.9 Å². The maximum atomic E-state index is 11.9. The van der Waals surface area contributed by atoms with Crippen molar-refractivity contribution < 1.29 is 19.8 Å². The molecule has 19 heavy (non-hydrogen) atoms. The third-order valence-electron chi connectivity index (χ3n) is 3.47. The summed E-state index contributed by atoms with van der Waals surface area (Å²) >= 11 is 0. The van der Waals surface area contributed by atoms with E-state index in [1.165, 1.54) is 0 Å². The Kier molecular flexibility index (Phi) is 5.60. The molecule has 0 aliphatic carbocycles. The molecule has 2 amide bonds. The van der Waals surface area contributed by atoms with Crippen LogP contribution >= 0.6 is 0 Å². The van der Waals surface area contributed by atoms with E-state index in [9.17, 15) is 14.7 Å². The molecule has 2 atom stereocenters. The van der Waals surface area contributed by atoms with Crippen molar-refractivity contribution in [2.24, 2.45) is 5.92 Å². The van der Waals surface area contributed by atoms with Crippen LogP contribution in [0.25, 0.3) is 0 Å². The van der Waals surface area contributed by atoms with Crippen molar-refractivity contribution in [2.75, 3.05) is 19.6 Å². The fourth-order valence-corrected chi connectivity index (χ4v) is 2.23. The van der Waals surface area contributed by atoms with E-state index in [1.807, 2.05) is 0 Å². The van der Waals surface area contributed by atoms with E-state index >= 15 is 0 Å². The SMILES string of the molecule is CC(CCCNC(=O)N1CCCC(C)(O)C1)C(=O)O. The van der Waals surface area contributed by atoms with Crippen LogP contribution in [0.3, 0.4) is 0 Å². The molecule has 110 valence electrons. The summed E-state index contributed by atoms with van der Waals surface area (Å²) in [6.45, 7) is 4.87. The van der Waals surface area contributed by atoms with Crippen LogP contribution in [0.2, 0.25) is 0 Å². The molecule has 6 heteroatoms. The number of carbonyl (C=O) groups excluding carboxylic acids is 1. The lowest BCUT2D eigenvalue weighted by molar-refractivity contribution is -0.141. The molecule has 0 saturated carbocycles. The zero-order valence-electron chi connectivity index (χ0n) is 11.7. The third kappa shape index (κ3) is 5.46. The number of carboxylic acid groups (broad SMARTS) is 1. The summed E-state index contributed by atoms with van der Waals surface area (Å²) in [5, 5.41) is 21.4. The molecule has 2 unspecified atom stereocenters. The molecule has 3 N–H and O–H groups in total. The summed E-state index contributed by atoms with van der Waals surface area (Å²) in [5.41, 5.74) is -0.798. The Bertz CT molecular complexity index is 331. The number of urea groups is 1. The lowest BCUT2D eigenvalue weighted by atomic mass is 9.95. The summed E-state index contributed by atoms with van der Waals surface area (Å²) in [5.74, 6) is -1.19. The molecular weight excluding hydrogens is 248 g/mol. The molecule has 1 rings (SSSR count). The van der Waals surface area contributed by atoms with Crippen LogP contribution in [0.4, 0.5) is 4.79 Å². The number of likely N-dealkylation sites (tertiary alicyclic amines) is 1. The molecule has 1 aliphatic rings. The Morgan fingerprint density at radius 2 is 2.16 bits per heavy atom. The quantitative estimate of drug-likeness (QED) is 0.652. The van der Waals surface area contributed by atoms with Gasteiger partial charge in [-0.3, -0.25) is 4.79 Å². The number of piperidine rings is 1. The fraction of sp³-hybridized carbons (Fsp3) is 0.846. The summed E-state index contributed by atoms with van der Waals surface area (Å²) in [7, 11) is 0. The highest BCUT2D eigenvalue weighted by Crippen LogP contribution is 2.20. The zero-order valence-corrected chi connectivity index (χ0v) is 11.7. The van der Waals surface area contributed by atoms with Gasteiger partial charge in [0.1, 0.15) is 0 Å². The highest BCUT2D eigenvalue weighted by molar-refractivity contribution is 5.74. The first-order valence-corrected chi connectivity index (χ1v) is 6.80. The monoisotopic (exact) mass is 272 g/mol. The number of aliphatic hydroxyl groups is 1. The van der Waals surface area contributed by atoms with E-state index in [1.54, 1.807) is 18.7 Å². The van der Waals surface area contributed by atoms with Gasteiger partial charge in [0.2, 0.25) is 0 Å². The molecule has 0 bridgehead atoms. The second-order valence-corrected chi connectivity index (χ2v) is 5.64. The topological polar surface area (TPSA) is 89.9 Å². The van der Waals surface area contributed by atoms with Crippen molar-refractivity contribution in [1.82, 2.24) is 10.2 Å². The molecule has 0 radical (unpaired) electrons. The maximum absolute atomic E-state index is 11.9. The van der Waals surface area contributed by atoms with Gasteiger partial charge in [-0.15, -0.1) is 0 Å². The molecule has 0 aromatic heterocycles. The molecule has 0 aromatic carbocycles. The number of β-amino-alcohol motifs (C(OH)–C–C–N with tert-alkyl or cyclic N) is 1. The van der Waals surface area contributed by atoms with Crippen molar-refractivity contribution in [2.45, 2.75) is 45.1 Å². The van der Waals surface area contributed by atoms with E-state index < -0.39 is 11.6 Å². The van der Waals surface area contributed by atoms with Gasteiger partial charge in [-0.2, -0.15) is 0 Å². The molecule has 1 saturated heterocycles. The smallest absolute Gasteiger partial charge is 0.317 e. The lowest BCUT2D eigenvalue weighted by Gasteiger charge is -2.36. The van der Waals surface area contributed by atoms with Crippen molar-refractivity contribution >= 4 is 12.0 Å². The van der Waals surface area contributed by atoms with Crippen LogP contribution in [-0.4, -0.2) is 52.3 Å². The predicted molar refractivity (Wildman–Crippen MR) is 70.9 cm³/mol. The van der Waals surface area contributed by atoms with Gasteiger partial charge in [-0.05, 0) is 32.6 Å². The molecule has 1 heterocycles. The van der Waals surface area contributed by atoms with Crippen molar-refractivity contribution in [3.63, 3.8) is 0 Å². The molecular formula is C13H24N2O4. The van der Waals surface area contributed by atoms with E-state index in [4.69, 9.17) is 5.11 Å². The second-order valence-electron chi connectivity index (χ2n) is 5.64. The number of hydrogen-bond donors (Lipinski definition) is 3. The van der Waals surface area contributed by atoms with Gasteiger partial charge in [0, 0.05) is 13.1 Å². The summed E-state index contributed by atoms with van der Waals surface area (Å²) in [6.07, 6.45) is 2.71. The number of nitrogens with one attached hydrogen (secondary N) is 1. The van der Waals surface area contributed by atoms with Gasteiger partial charge in [-0.25, -0.2) is 4.79 Å². The van der Waals surface area contributed by atoms with Crippen LogP contribution in [0, 0.1) is 5.92 Å². The molecule has 1 aliphatic heterocycles. The van der Waals surface area contributed by atoms with Gasteiger partial charge in [0.05, 0.1) is 18.1 Å². The van der Waals surface area contributed by atoms with Crippen molar-refractivity contribution in [3.05, 3.63) is 0 Å². The Labute approximate surface area is 113 Å². The average Bonchev–Trinajstić information content (AvgIpc) is 2.32. The highest BCUT2D eigenvalue weighted by atomic mass is 16.4. The number of carbonyl (C=O) groups is 2. The van der Waals surface area contributed by atoms with Crippen LogP contribution in [-0.2, 0) is 4.79 Å². The fourth-order valence-electron chi connectivity index (χ4n) is 2.23. The van der Waals surface area contributed by atoms with E-state index in [0.717, 1.165) is 6.42 Å². The van der Waals surface area contributed by atoms with Gasteiger partial charge >= 0.3 is 12.0 Å². The van der Waals surface area contributed by atoms with Crippen LogP contribution < -0.4 is 5.32 Å². The number of rotatable bonds is 5. The minimum absolute atomic E-state index is 0.178. The molecule has 0 spiro atoms. The normalized spacial score (nSPS) is 24.9. The lowest BCUT2D eigenvalue weighted by Crippen LogP contribution is -2.51. The summed E-state index contributed by atoms with van der Waals surface area (Å²) in [6, 6.07) is -0.178. The standard InChI is InChI=1S/C13H24N2O4/c1-10(11(16)17)5-3-7-14-12(18)15-8-4-6-13(2,19)9-15/h10,19H,3-9H2,1-2H3,(H,14,18)(H,16,17). The van der Waals surface area contributed by atoms with E-state index in [2.05, 4.69) is 5.32 Å². The second kappa shape index (κ2) is 6.75. The molecule has 0 aromatic rings. The number of nitrogens with zero attached hydrogens (tertiary/aromatic N) is 1.